The van der Waals surface area contributed by atoms with Gasteiger partial charge in [-0.2, -0.15) is 0 Å². The van der Waals surface area contributed by atoms with E-state index in [4.69, 9.17) is 16.3 Å². The van der Waals surface area contributed by atoms with Crippen molar-refractivity contribution in [1.82, 2.24) is 0 Å². The maximum absolute atomic E-state index is 10.5. The summed E-state index contributed by atoms with van der Waals surface area (Å²) in [6.45, 7) is 0. The van der Waals surface area contributed by atoms with Crippen LogP contribution in [0.4, 0.5) is 5.69 Å². The van der Waals surface area contributed by atoms with E-state index in [1.165, 1.54) is 0 Å². The number of benzene rings is 1. The second-order valence-corrected chi connectivity index (χ2v) is 1.96. The highest BCUT2D eigenvalue weighted by Gasteiger charge is 1.98. The first-order valence-electron chi connectivity index (χ1n) is 4.92. The topological polar surface area (TPSA) is 63.3 Å². The van der Waals surface area contributed by atoms with Gasteiger partial charge in [0.05, 0.1) is 11.9 Å². The molecule has 0 amide bonds. The first-order chi connectivity index (χ1) is 6.86. The second-order valence-electron chi connectivity index (χ2n) is 1.96. The molecule has 0 aromatic heterocycles. The number of aliphatic carboxylic acids is 1. The van der Waals surface area contributed by atoms with Crippen molar-refractivity contribution >= 4 is 11.7 Å². The lowest BCUT2D eigenvalue weighted by Crippen LogP contribution is -1.99. The molecule has 0 bridgehead atoms. The number of anilines is 1. The van der Waals surface area contributed by atoms with E-state index >= 15 is 0 Å². The first-order valence-corrected chi connectivity index (χ1v) is 2.92. The largest absolute Gasteiger partial charge is 0.481 e. The molecule has 3 nitrogen and oxygen atoms in total. The highest BCUT2D eigenvalue weighted by Crippen LogP contribution is 2.05. The average molecular weight is 155 g/mol. The number of nitrogens with two attached hydrogens (primary N) is 1. The summed E-state index contributed by atoms with van der Waals surface area (Å²) in [5.41, 5.74) is 4.91. The van der Waals surface area contributed by atoms with Gasteiger partial charge in [0, 0.05) is 5.69 Å². The molecule has 0 radical (unpaired) electrons. The summed E-state index contributed by atoms with van der Waals surface area (Å²) in [7, 11) is 0. The van der Waals surface area contributed by atoms with Crippen molar-refractivity contribution in [2.45, 2.75) is 6.42 Å². The Morgan fingerprint density at radius 3 is 2.55 bits per heavy atom. The van der Waals surface area contributed by atoms with Crippen LogP contribution in [-0.4, -0.2) is 11.1 Å². The fraction of sp³-hybridized carbons (Fsp3) is 0.125. The van der Waals surface area contributed by atoms with Crippen LogP contribution in [0.25, 0.3) is 0 Å². The Labute approximate surface area is 70.1 Å². The summed E-state index contributed by atoms with van der Waals surface area (Å²) in [4.78, 5) is 10.5. The molecule has 0 aliphatic rings. The van der Waals surface area contributed by atoms with Crippen LogP contribution in [0.15, 0.2) is 24.2 Å². The van der Waals surface area contributed by atoms with E-state index in [-0.39, 0.29) is 11.3 Å². The molecule has 0 unspecified atom stereocenters. The lowest BCUT2D eigenvalue weighted by Gasteiger charge is -1.96. The standard InChI is InChI=1S/C8H9NO2/c9-7-3-1-6(2-4-7)5-8(10)11/h1-4H,5,9H2,(H,10,11)/i1D,2D,3D,4D. The SMILES string of the molecule is [2H]c1c([2H])c(CC(=O)O)c([2H])c([2H])c1N. The van der Waals surface area contributed by atoms with Gasteiger partial charge in [-0.15, -0.1) is 0 Å². The molecule has 0 aliphatic heterocycles. The Hall–Kier alpha value is -1.51. The van der Waals surface area contributed by atoms with Gasteiger partial charge in [-0.1, -0.05) is 12.1 Å². The van der Waals surface area contributed by atoms with Crippen LogP contribution in [0, 0.1) is 0 Å². The number of nitrogen functional groups attached to an aromatic ring is 1. The summed E-state index contributed by atoms with van der Waals surface area (Å²) < 4.78 is 29.6. The van der Waals surface area contributed by atoms with E-state index < -0.39 is 36.6 Å². The van der Waals surface area contributed by atoms with Crippen molar-refractivity contribution in [3.8, 4) is 0 Å². The van der Waals surface area contributed by atoms with Gasteiger partial charge in [0.1, 0.15) is 0 Å². The Balaban J connectivity index is 3.45. The molecule has 58 valence electrons. The maximum atomic E-state index is 10.5. The van der Waals surface area contributed by atoms with Crippen molar-refractivity contribution in [3.63, 3.8) is 0 Å². The zero-order chi connectivity index (χ0) is 11.7. The maximum Gasteiger partial charge on any atom is 0.307 e. The molecular weight excluding hydrogens is 142 g/mol. The number of hydrogen-bond donors (Lipinski definition) is 2. The normalized spacial score (nSPS) is 14.5. The van der Waals surface area contributed by atoms with Crippen LogP contribution >= 0.6 is 0 Å². The minimum Gasteiger partial charge on any atom is -0.481 e. The zero-order valence-electron chi connectivity index (χ0n) is 9.64. The van der Waals surface area contributed by atoms with Crippen LogP contribution in [0.5, 0.6) is 0 Å². The van der Waals surface area contributed by atoms with E-state index in [1.54, 1.807) is 0 Å². The summed E-state index contributed by atoms with van der Waals surface area (Å²) in [5.74, 6) is -1.21. The third-order valence-electron chi connectivity index (χ3n) is 1.02. The van der Waals surface area contributed by atoms with Gasteiger partial charge in [0.15, 0.2) is 0 Å². The lowest BCUT2D eigenvalue weighted by atomic mass is 10.1. The molecule has 1 aromatic carbocycles. The molecule has 0 spiro atoms. The molecule has 1 rings (SSSR count). The van der Waals surface area contributed by atoms with Gasteiger partial charge in [0.2, 0.25) is 0 Å². The number of rotatable bonds is 2. The Bertz CT molecular complexity index is 404. The van der Waals surface area contributed by atoms with Gasteiger partial charge in [-0.05, 0) is 17.6 Å². The van der Waals surface area contributed by atoms with E-state index in [1.807, 2.05) is 0 Å². The van der Waals surface area contributed by atoms with Crippen molar-refractivity contribution in [1.29, 1.82) is 0 Å². The van der Waals surface area contributed by atoms with Crippen LogP contribution in [-0.2, 0) is 11.2 Å². The number of carboxylic acid groups (broad SMARTS) is 1. The summed E-state index contributed by atoms with van der Waals surface area (Å²) in [5, 5.41) is 8.55. The third kappa shape index (κ3) is 2.29. The molecule has 0 heterocycles. The minimum absolute atomic E-state index is 0.147. The summed E-state index contributed by atoms with van der Waals surface area (Å²) in [6, 6.07) is -1.58. The lowest BCUT2D eigenvalue weighted by molar-refractivity contribution is -0.136. The molecule has 0 saturated heterocycles. The Kier molecular flexibility index (Phi) is 1.04. The van der Waals surface area contributed by atoms with Crippen molar-refractivity contribution < 1.29 is 15.4 Å². The first kappa shape index (κ1) is 3.76. The third-order valence-corrected chi connectivity index (χ3v) is 1.02. The quantitative estimate of drug-likeness (QED) is 0.623. The molecular formula is C8H9NO2. The molecule has 1 aromatic rings. The summed E-state index contributed by atoms with van der Waals surface area (Å²) in [6.07, 6.45) is -0.546. The fourth-order valence-electron chi connectivity index (χ4n) is 0.588. The molecule has 0 fully saturated rings. The predicted molar refractivity (Wildman–Crippen MR) is 42.2 cm³/mol. The van der Waals surface area contributed by atoms with Gasteiger partial charge >= 0.3 is 5.97 Å². The van der Waals surface area contributed by atoms with E-state index in [9.17, 15) is 4.79 Å². The van der Waals surface area contributed by atoms with Gasteiger partial charge in [-0.3, -0.25) is 4.79 Å². The number of hydrogen-bond acceptors (Lipinski definition) is 2. The van der Waals surface area contributed by atoms with Gasteiger partial charge in [-0.25, -0.2) is 0 Å². The Morgan fingerprint density at radius 2 is 2.09 bits per heavy atom. The summed E-state index contributed by atoms with van der Waals surface area (Å²) >= 11 is 0. The smallest absolute Gasteiger partial charge is 0.307 e. The number of carboxylic acids is 1. The molecule has 0 atom stereocenters. The van der Waals surface area contributed by atoms with E-state index in [2.05, 4.69) is 0 Å². The van der Waals surface area contributed by atoms with Crippen molar-refractivity contribution in [2.75, 3.05) is 5.73 Å². The molecule has 3 heteroatoms. The molecule has 3 N–H and O–H groups in total. The fourth-order valence-corrected chi connectivity index (χ4v) is 0.588. The molecule has 0 saturated carbocycles. The molecule has 11 heavy (non-hydrogen) atoms. The average Bonchev–Trinajstić information content (AvgIpc) is 2.18. The van der Waals surface area contributed by atoms with Crippen LogP contribution in [0.3, 0.4) is 0 Å². The monoisotopic (exact) mass is 155 g/mol. The second kappa shape index (κ2) is 3.05. The zero-order valence-corrected chi connectivity index (χ0v) is 5.64. The highest BCUT2D eigenvalue weighted by atomic mass is 16.4. The Morgan fingerprint density at radius 1 is 1.55 bits per heavy atom. The predicted octanol–water partition coefficient (Wildman–Crippen LogP) is 0.896. The van der Waals surface area contributed by atoms with Crippen molar-refractivity contribution in [2.24, 2.45) is 0 Å². The highest BCUT2D eigenvalue weighted by molar-refractivity contribution is 5.70. The van der Waals surface area contributed by atoms with Crippen molar-refractivity contribution in [3.05, 3.63) is 29.7 Å². The van der Waals surface area contributed by atoms with Gasteiger partial charge in [0.25, 0.3) is 0 Å². The molecule has 0 aliphatic carbocycles. The van der Waals surface area contributed by atoms with E-state index in [0.29, 0.717) is 0 Å². The van der Waals surface area contributed by atoms with Crippen LogP contribution in [0.1, 0.15) is 11.0 Å². The number of carbonyl (C=O) groups is 1. The van der Waals surface area contributed by atoms with Gasteiger partial charge < -0.3 is 10.8 Å². The van der Waals surface area contributed by atoms with Crippen LogP contribution < -0.4 is 5.73 Å². The minimum atomic E-state index is -1.21. The van der Waals surface area contributed by atoms with Crippen LogP contribution in [0.2, 0.25) is 0 Å². The van der Waals surface area contributed by atoms with E-state index in [0.717, 1.165) is 0 Å².